The lowest BCUT2D eigenvalue weighted by molar-refractivity contribution is 0.0210. The molecule has 7 nitrogen and oxygen atoms in total. The summed E-state index contributed by atoms with van der Waals surface area (Å²) in [7, 11) is 0. The third kappa shape index (κ3) is 5.04. The van der Waals surface area contributed by atoms with Gasteiger partial charge in [-0.15, -0.1) is 0 Å². The van der Waals surface area contributed by atoms with E-state index >= 15 is 0 Å². The van der Waals surface area contributed by atoms with Crippen LogP contribution in [0, 0.1) is 0 Å². The molecular formula is C18H28N4O3. The fourth-order valence-electron chi connectivity index (χ4n) is 3.18. The first-order valence-corrected chi connectivity index (χ1v) is 9.09. The van der Waals surface area contributed by atoms with Crippen LogP contribution in [0.4, 0.5) is 10.6 Å². The van der Waals surface area contributed by atoms with Crippen molar-refractivity contribution in [2.24, 2.45) is 0 Å². The lowest BCUT2D eigenvalue weighted by Gasteiger charge is -2.33. The number of nitrogens with zero attached hydrogens (tertiary/aromatic N) is 3. The van der Waals surface area contributed by atoms with Crippen LogP contribution in [0.3, 0.4) is 0 Å². The molecule has 0 spiro atoms. The Kier molecular flexibility index (Phi) is 5.42. The minimum absolute atomic E-state index is 0.0950. The van der Waals surface area contributed by atoms with Crippen molar-refractivity contribution < 1.29 is 14.3 Å². The second-order valence-corrected chi connectivity index (χ2v) is 7.72. The van der Waals surface area contributed by atoms with E-state index < -0.39 is 5.60 Å². The van der Waals surface area contributed by atoms with Crippen LogP contribution in [-0.4, -0.2) is 52.3 Å². The van der Waals surface area contributed by atoms with Crippen LogP contribution in [0.2, 0.25) is 0 Å². The van der Waals surface area contributed by atoms with Crippen LogP contribution in [0.1, 0.15) is 58.3 Å². The van der Waals surface area contributed by atoms with E-state index in [1.807, 2.05) is 26.8 Å². The van der Waals surface area contributed by atoms with Gasteiger partial charge in [0.2, 0.25) is 0 Å². The third-order valence-electron chi connectivity index (χ3n) is 4.45. The van der Waals surface area contributed by atoms with Crippen molar-refractivity contribution in [1.82, 2.24) is 14.9 Å². The quantitative estimate of drug-likeness (QED) is 0.904. The van der Waals surface area contributed by atoms with E-state index in [0.29, 0.717) is 19.1 Å². The van der Waals surface area contributed by atoms with Gasteiger partial charge in [0.15, 0.2) is 0 Å². The fourth-order valence-corrected chi connectivity index (χ4v) is 3.18. The lowest BCUT2D eigenvalue weighted by atomic mass is 10.1. The summed E-state index contributed by atoms with van der Waals surface area (Å²) >= 11 is 0. The Balaban J connectivity index is 1.50. The average molecular weight is 348 g/mol. The zero-order valence-electron chi connectivity index (χ0n) is 15.3. The number of hydrogen-bond acceptors (Lipinski definition) is 6. The van der Waals surface area contributed by atoms with Crippen molar-refractivity contribution in [3.63, 3.8) is 0 Å². The van der Waals surface area contributed by atoms with Gasteiger partial charge < -0.3 is 19.7 Å². The molecule has 2 aliphatic heterocycles. The molecule has 3 rings (SSSR count). The first kappa shape index (κ1) is 17.9. The summed E-state index contributed by atoms with van der Waals surface area (Å²) < 4.78 is 11.1. The highest BCUT2D eigenvalue weighted by molar-refractivity contribution is 5.68. The number of rotatable bonds is 3. The van der Waals surface area contributed by atoms with E-state index in [1.165, 1.54) is 0 Å². The highest BCUT2D eigenvalue weighted by Gasteiger charge is 2.27. The summed E-state index contributed by atoms with van der Waals surface area (Å²) in [6, 6.07) is 2.28. The van der Waals surface area contributed by atoms with E-state index in [9.17, 15) is 4.79 Å². The molecule has 3 heterocycles. The molecule has 2 saturated heterocycles. The standard InChI is InChI=1S/C18H28N4O3/c1-18(2,3)25-17(23)22-8-6-13(7-9-22)21-16-11-14(19-12-20-16)15-5-4-10-24-15/h11-13,15H,4-10H2,1-3H3,(H,19,20,21). The van der Waals surface area contributed by atoms with E-state index in [-0.39, 0.29) is 12.2 Å². The summed E-state index contributed by atoms with van der Waals surface area (Å²) in [5, 5.41) is 3.47. The number of amides is 1. The zero-order chi connectivity index (χ0) is 17.9. The van der Waals surface area contributed by atoms with Crippen LogP contribution in [0.15, 0.2) is 12.4 Å². The molecule has 7 heteroatoms. The molecule has 0 aromatic carbocycles. The maximum Gasteiger partial charge on any atom is 0.410 e. The van der Waals surface area contributed by atoms with Crippen molar-refractivity contribution >= 4 is 11.9 Å². The maximum atomic E-state index is 12.1. The Hall–Kier alpha value is -1.89. The van der Waals surface area contributed by atoms with Crippen molar-refractivity contribution in [2.75, 3.05) is 25.0 Å². The molecule has 138 valence electrons. The number of aromatic nitrogens is 2. The second-order valence-electron chi connectivity index (χ2n) is 7.72. The fraction of sp³-hybridized carbons (Fsp3) is 0.722. The zero-order valence-corrected chi connectivity index (χ0v) is 15.3. The predicted octanol–water partition coefficient (Wildman–Crippen LogP) is 3.14. The molecule has 0 saturated carbocycles. The van der Waals surface area contributed by atoms with Gasteiger partial charge in [0.1, 0.15) is 17.7 Å². The van der Waals surface area contributed by atoms with Crippen LogP contribution in [0.5, 0.6) is 0 Å². The average Bonchev–Trinajstić information content (AvgIpc) is 3.09. The Bertz CT molecular complexity index is 588. The normalized spacial score (nSPS) is 22.0. The van der Waals surface area contributed by atoms with Crippen molar-refractivity contribution in [1.29, 1.82) is 0 Å². The number of ether oxygens (including phenoxy) is 2. The first-order chi connectivity index (χ1) is 11.9. The summed E-state index contributed by atoms with van der Waals surface area (Å²) in [5.74, 6) is 0.830. The molecule has 0 aliphatic carbocycles. The lowest BCUT2D eigenvalue weighted by Crippen LogP contribution is -2.44. The second kappa shape index (κ2) is 7.56. The van der Waals surface area contributed by atoms with E-state index in [0.717, 1.165) is 43.8 Å². The van der Waals surface area contributed by atoms with Crippen molar-refractivity contribution in [3.8, 4) is 0 Å². The monoisotopic (exact) mass is 348 g/mol. The third-order valence-corrected chi connectivity index (χ3v) is 4.45. The van der Waals surface area contributed by atoms with Gasteiger partial charge in [-0.1, -0.05) is 0 Å². The van der Waals surface area contributed by atoms with E-state index in [4.69, 9.17) is 9.47 Å². The summed E-state index contributed by atoms with van der Waals surface area (Å²) in [6.07, 6.45) is 5.31. The van der Waals surface area contributed by atoms with Crippen LogP contribution in [0.25, 0.3) is 0 Å². The van der Waals surface area contributed by atoms with Crippen LogP contribution < -0.4 is 5.32 Å². The molecular weight excluding hydrogens is 320 g/mol. The number of likely N-dealkylation sites (tertiary alicyclic amines) is 1. The van der Waals surface area contributed by atoms with Gasteiger partial charge in [-0.05, 0) is 46.5 Å². The summed E-state index contributed by atoms with van der Waals surface area (Å²) in [4.78, 5) is 22.6. The highest BCUT2D eigenvalue weighted by Crippen LogP contribution is 2.28. The van der Waals surface area contributed by atoms with Gasteiger partial charge in [-0.25, -0.2) is 14.8 Å². The van der Waals surface area contributed by atoms with Crippen LogP contribution >= 0.6 is 0 Å². The highest BCUT2D eigenvalue weighted by atomic mass is 16.6. The number of anilines is 1. The molecule has 2 fully saturated rings. The van der Waals surface area contributed by atoms with Gasteiger partial charge in [0.05, 0.1) is 11.8 Å². The topological polar surface area (TPSA) is 76.6 Å². The Labute approximate surface area is 149 Å². The smallest absolute Gasteiger partial charge is 0.410 e. The minimum atomic E-state index is -0.453. The Morgan fingerprint density at radius 1 is 1.28 bits per heavy atom. The molecule has 1 amide bonds. The molecule has 0 bridgehead atoms. The van der Waals surface area contributed by atoms with Crippen molar-refractivity contribution in [2.45, 2.75) is 64.2 Å². The number of carbonyl (C=O) groups is 1. The van der Waals surface area contributed by atoms with Gasteiger partial charge in [0, 0.05) is 31.8 Å². The molecule has 1 aromatic heterocycles. The van der Waals surface area contributed by atoms with Gasteiger partial charge >= 0.3 is 6.09 Å². The molecule has 1 unspecified atom stereocenters. The molecule has 1 atom stereocenters. The first-order valence-electron chi connectivity index (χ1n) is 9.09. The number of carbonyl (C=O) groups excluding carboxylic acids is 1. The molecule has 2 aliphatic rings. The van der Waals surface area contributed by atoms with Crippen molar-refractivity contribution in [3.05, 3.63) is 18.1 Å². The maximum absolute atomic E-state index is 12.1. The van der Waals surface area contributed by atoms with Gasteiger partial charge in [-0.3, -0.25) is 0 Å². The summed E-state index contributed by atoms with van der Waals surface area (Å²) in [6.45, 7) is 7.85. The van der Waals surface area contributed by atoms with E-state index in [1.54, 1.807) is 11.2 Å². The summed E-state index contributed by atoms with van der Waals surface area (Å²) in [5.41, 5.74) is 0.493. The van der Waals surface area contributed by atoms with Gasteiger partial charge in [0.25, 0.3) is 0 Å². The molecule has 0 radical (unpaired) electrons. The number of hydrogen-bond donors (Lipinski definition) is 1. The Morgan fingerprint density at radius 3 is 2.68 bits per heavy atom. The number of nitrogens with one attached hydrogen (secondary N) is 1. The largest absolute Gasteiger partial charge is 0.444 e. The predicted molar refractivity (Wildman–Crippen MR) is 94.4 cm³/mol. The molecule has 25 heavy (non-hydrogen) atoms. The van der Waals surface area contributed by atoms with Gasteiger partial charge in [-0.2, -0.15) is 0 Å². The SMILES string of the molecule is CC(C)(C)OC(=O)N1CCC(Nc2cc(C3CCCO3)ncn2)CC1. The molecule has 1 N–H and O–H groups in total. The Morgan fingerprint density at radius 2 is 2.04 bits per heavy atom. The number of piperidine rings is 1. The van der Waals surface area contributed by atoms with Crippen LogP contribution in [-0.2, 0) is 9.47 Å². The minimum Gasteiger partial charge on any atom is -0.444 e. The molecule has 1 aromatic rings. The van der Waals surface area contributed by atoms with E-state index in [2.05, 4.69) is 15.3 Å².